The van der Waals surface area contributed by atoms with Gasteiger partial charge < -0.3 is 21.3 Å². The smallest absolute Gasteiger partial charge is 0.0831 e. The summed E-state index contributed by atoms with van der Waals surface area (Å²) in [6, 6.07) is 25.7. The second kappa shape index (κ2) is 21.6. The van der Waals surface area contributed by atoms with Gasteiger partial charge in [-0.1, -0.05) is 111 Å². The molecule has 3 aromatic carbocycles. The molecule has 0 aliphatic heterocycles. The molecule has 0 radical (unpaired) electrons. The van der Waals surface area contributed by atoms with Gasteiger partial charge in [0, 0.05) is 51.8 Å². The van der Waals surface area contributed by atoms with Crippen LogP contribution in [-0.2, 0) is 25.8 Å². The fourth-order valence-electron chi connectivity index (χ4n) is 4.71. The van der Waals surface area contributed by atoms with Gasteiger partial charge in [-0.25, -0.2) is 4.98 Å². The molecule has 2 aromatic heterocycles. The second-order valence-corrected chi connectivity index (χ2v) is 13.1. The van der Waals surface area contributed by atoms with E-state index in [4.69, 9.17) is 10.3 Å². The monoisotopic (exact) mass is 807 g/mol. The summed E-state index contributed by atoms with van der Waals surface area (Å²) in [5.74, 6) is 0.797. The molecule has 242 valence electrons. The molecule has 0 amide bonds. The Morgan fingerprint density at radius 3 is 1.71 bits per heavy atom. The van der Waals surface area contributed by atoms with Gasteiger partial charge in [-0.15, -0.1) is 28.4 Å². The van der Waals surface area contributed by atoms with Crippen molar-refractivity contribution in [3.63, 3.8) is 0 Å². The van der Waals surface area contributed by atoms with Crippen molar-refractivity contribution < 1.29 is 25.8 Å². The number of hydrogen-bond acceptors (Lipinski definition) is 3. The molecule has 0 bridgehead atoms. The number of aryl methyl sites for hydroxylation is 1. The normalized spacial score (nSPS) is 11.0. The van der Waals surface area contributed by atoms with Crippen LogP contribution in [0.5, 0.6) is 0 Å². The van der Waals surface area contributed by atoms with Crippen LogP contribution in [0, 0.1) is 6.92 Å². The van der Waals surface area contributed by atoms with Gasteiger partial charge in [-0.05, 0) is 30.9 Å². The van der Waals surface area contributed by atoms with Crippen molar-refractivity contribution in [3.8, 4) is 11.3 Å². The molecule has 5 rings (SSSR count). The third kappa shape index (κ3) is 11.5. The Morgan fingerprint density at radius 1 is 0.667 bits per heavy atom. The number of para-hydroxylation sites is 1. The van der Waals surface area contributed by atoms with E-state index >= 15 is 0 Å². The van der Waals surface area contributed by atoms with E-state index in [0.717, 1.165) is 16.4 Å². The Hall–Kier alpha value is -2.20. The molecule has 8 heteroatoms. The average molecular weight is 806 g/mol. The summed E-state index contributed by atoms with van der Waals surface area (Å²) in [6.07, 6.45) is 0. The quantitative estimate of drug-likeness (QED) is 0.151. The van der Waals surface area contributed by atoms with E-state index in [9.17, 15) is 0 Å². The molecule has 0 aliphatic carbocycles. The van der Waals surface area contributed by atoms with Crippen LogP contribution in [0.15, 0.2) is 78.2 Å². The van der Waals surface area contributed by atoms with E-state index in [0.29, 0.717) is 11.8 Å². The van der Waals surface area contributed by atoms with Crippen LogP contribution in [0.25, 0.3) is 42.6 Å². The number of benzene rings is 3. The van der Waals surface area contributed by atoms with Crippen molar-refractivity contribution in [3.05, 3.63) is 126 Å². The Kier molecular flexibility index (Phi) is 19.6. The first-order valence-corrected chi connectivity index (χ1v) is 16.6. The number of aromatic nitrogens is 1. The number of thiazole rings is 1. The minimum atomic E-state index is -0.141. The summed E-state index contributed by atoms with van der Waals surface area (Å²) in [5, 5.41) is 20.5. The van der Waals surface area contributed by atoms with E-state index in [1.807, 2.05) is 11.3 Å². The number of hydrogen-bond donors (Lipinski definition) is 0. The van der Waals surface area contributed by atoms with Crippen molar-refractivity contribution in [2.45, 2.75) is 52.5 Å². The van der Waals surface area contributed by atoms with Crippen molar-refractivity contribution in [1.29, 1.82) is 0 Å². The topological polar surface area (TPSA) is 69.3 Å². The van der Waals surface area contributed by atoms with E-state index in [2.05, 4.69) is 129 Å². The maximum atomic E-state index is 5.47. The average Bonchev–Trinajstić information content (AvgIpc) is 3.60. The summed E-state index contributed by atoms with van der Waals surface area (Å²) >= 11 is 3.56. The zero-order valence-corrected chi connectivity index (χ0v) is 34.0. The largest absolute Gasteiger partial charge is 0.672 e. The van der Waals surface area contributed by atoms with E-state index in [1.54, 1.807) is 53.6 Å². The predicted molar refractivity (Wildman–Crippen MR) is 199 cm³/mol. The maximum absolute atomic E-state index is 5.47. The minimum Gasteiger partial charge on any atom is -0.672 e. The summed E-state index contributed by atoms with van der Waals surface area (Å²) in [6.45, 7) is 11.2. The van der Waals surface area contributed by atoms with Crippen LogP contribution in [0.2, 0.25) is 0 Å². The van der Waals surface area contributed by atoms with E-state index < -0.39 is 0 Å². The molecule has 0 N–H and O–H groups in total. The zero-order chi connectivity index (χ0) is 32.6. The van der Waals surface area contributed by atoms with Crippen molar-refractivity contribution >= 4 is 38.4 Å². The van der Waals surface area contributed by atoms with Crippen LogP contribution in [0.4, 0.5) is 5.69 Å². The Labute approximate surface area is 299 Å². The molecule has 0 saturated heterocycles. The molecule has 0 fully saturated rings. The van der Waals surface area contributed by atoms with Crippen LogP contribution in [0.3, 0.4) is 0 Å². The van der Waals surface area contributed by atoms with E-state index in [-0.39, 0.29) is 31.9 Å². The van der Waals surface area contributed by atoms with Crippen LogP contribution in [0.1, 0.15) is 72.1 Å². The summed E-state index contributed by atoms with van der Waals surface area (Å²) in [7, 11) is 10.5. The van der Waals surface area contributed by atoms with Gasteiger partial charge in [-0.3, -0.25) is 0 Å². The Morgan fingerprint density at radius 2 is 1.18 bits per heavy atom. The molecule has 1 unspecified atom stereocenters. The second-order valence-electron chi connectivity index (χ2n) is 11.0. The van der Waals surface area contributed by atoms with Crippen molar-refractivity contribution in [2.75, 3.05) is 42.3 Å². The van der Waals surface area contributed by atoms with Gasteiger partial charge in [0.15, 0.2) is 0 Å². The molecular weight excluding hydrogens is 757 g/mol. The number of thiophene rings is 1. The van der Waals surface area contributed by atoms with Gasteiger partial charge in [0.05, 0.1) is 10.7 Å². The van der Waals surface area contributed by atoms with Crippen molar-refractivity contribution in [2.24, 2.45) is 0 Å². The Balaban J connectivity index is 0.000000910. The van der Waals surface area contributed by atoms with E-state index in [1.165, 1.54) is 37.2 Å². The predicted octanol–water partition coefficient (Wildman–Crippen LogP) is 12.2. The molecular formula is C37H49HfN5S2-4. The fraction of sp³-hybridized carbons (Fsp3) is 0.378. The molecule has 1 atom stereocenters. The summed E-state index contributed by atoms with van der Waals surface area (Å²) < 4.78 is 1.31. The first-order chi connectivity index (χ1) is 21.2. The van der Waals surface area contributed by atoms with Gasteiger partial charge >= 0.3 is 0 Å². The third-order valence-corrected chi connectivity index (χ3v) is 8.48. The molecule has 2 heterocycles. The van der Waals surface area contributed by atoms with Gasteiger partial charge in [0.1, 0.15) is 0 Å². The molecule has 0 spiro atoms. The van der Waals surface area contributed by atoms with Gasteiger partial charge in [0.2, 0.25) is 0 Å². The van der Waals surface area contributed by atoms with Gasteiger partial charge in [0.25, 0.3) is 0 Å². The molecule has 0 saturated carbocycles. The van der Waals surface area contributed by atoms with Crippen LogP contribution in [-0.4, -0.2) is 47.3 Å². The number of rotatable bonds is 7. The Bertz CT molecular complexity index is 1480. The zero-order valence-electron chi connectivity index (χ0n) is 28.8. The fourth-order valence-corrected chi connectivity index (χ4v) is 6.66. The summed E-state index contributed by atoms with van der Waals surface area (Å²) in [4.78, 5) is 6.53. The first kappa shape index (κ1) is 40.8. The SMILES string of the molecule is C[N-]C.C[N-]C.C[N-]C.Cc1sc2ccccc2c1-c1csc(C([N-]c2c(C(C)C)cccc2C(C)C)c2ccccc2)n1.[Hf]. The number of fused-ring (bicyclic) bond motifs is 1. The first-order valence-electron chi connectivity index (χ1n) is 14.9. The molecule has 45 heavy (non-hydrogen) atoms. The molecule has 0 aliphatic rings. The number of nitrogens with zero attached hydrogens (tertiary/aromatic N) is 5. The molecule has 5 aromatic rings. The summed E-state index contributed by atoms with van der Waals surface area (Å²) in [5.41, 5.74) is 7.21. The maximum Gasteiger partial charge on any atom is 0.0831 e. The van der Waals surface area contributed by atoms with Crippen LogP contribution < -0.4 is 0 Å². The van der Waals surface area contributed by atoms with Gasteiger partial charge in [-0.2, -0.15) is 42.3 Å². The molecule has 5 nitrogen and oxygen atoms in total. The van der Waals surface area contributed by atoms with Crippen LogP contribution >= 0.6 is 22.7 Å². The minimum absolute atomic E-state index is 0. The third-order valence-electron chi connectivity index (χ3n) is 6.50. The van der Waals surface area contributed by atoms with Crippen molar-refractivity contribution in [1.82, 2.24) is 4.98 Å². The standard InChI is InChI=1S/C31H31N2S2.3C2H6N.Hf/c1-19(2)23-15-11-16-24(20(3)4)30(23)33-29(22-12-7-6-8-13-22)31-32-26(18-34-31)28-21(5)35-27-17-10-9-14-25(27)28;3*1-3-2;/h6-20,29H,1-5H3;3*1-2H3;/q4*-1;.